The first-order valence-electron chi connectivity index (χ1n) is 14.9. The predicted molar refractivity (Wildman–Crippen MR) is 163 cm³/mol. The second-order valence-electron chi connectivity index (χ2n) is 12.0. The maximum Gasteiger partial charge on any atom is 0.264 e. The maximum atomic E-state index is 16.5. The van der Waals surface area contributed by atoms with Gasteiger partial charge in [0.15, 0.2) is 5.82 Å². The van der Waals surface area contributed by atoms with E-state index < -0.39 is 46.2 Å². The van der Waals surface area contributed by atoms with Crippen molar-refractivity contribution in [1.82, 2.24) is 19.9 Å². The number of H-pyrrole nitrogens is 1. The van der Waals surface area contributed by atoms with E-state index in [1.165, 1.54) is 12.4 Å². The van der Waals surface area contributed by atoms with Gasteiger partial charge in [-0.1, -0.05) is 13.8 Å². The molecule has 0 radical (unpaired) electrons. The van der Waals surface area contributed by atoms with Crippen LogP contribution in [0, 0.1) is 17.6 Å². The summed E-state index contributed by atoms with van der Waals surface area (Å²) in [4.78, 5) is 41.8. The molecule has 2 aliphatic rings. The van der Waals surface area contributed by atoms with Crippen molar-refractivity contribution in [2.75, 3.05) is 55.0 Å². The third kappa shape index (κ3) is 6.66. The van der Waals surface area contributed by atoms with E-state index in [9.17, 15) is 18.4 Å². The van der Waals surface area contributed by atoms with Gasteiger partial charge in [0.05, 0.1) is 29.5 Å². The minimum absolute atomic E-state index is 0.00385. The largest absolute Gasteiger partial charge is 0.374 e. The third-order valence-corrected chi connectivity index (χ3v) is 8.62. The monoisotopic (exact) mass is 631 g/mol. The smallest absolute Gasteiger partial charge is 0.264 e. The normalized spacial score (nSPS) is 21.1. The van der Waals surface area contributed by atoms with Gasteiger partial charge < -0.3 is 24.8 Å². The molecule has 3 aromatic rings. The van der Waals surface area contributed by atoms with Crippen LogP contribution in [0.5, 0.6) is 0 Å². The number of benzene rings is 1. The Bertz CT molecular complexity index is 1590. The molecule has 3 unspecified atom stereocenters. The van der Waals surface area contributed by atoms with Crippen LogP contribution in [0.2, 0.25) is 0 Å². The number of carbonyl (C=O) groups is 1. The molecule has 0 bridgehead atoms. The molecule has 1 amide bonds. The number of carbonyl (C=O) groups excluding carboxylic acids is 1. The molecule has 14 heteroatoms. The molecule has 0 aliphatic carbocycles. The van der Waals surface area contributed by atoms with E-state index in [2.05, 4.69) is 39.0 Å². The summed E-state index contributed by atoms with van der Waals surface area (Å²) in [6.07, 6.45) is 0.322. The van der Waals surface area contributed by atoms with Crippen molar-refractivity contribution in [3.63, 3.8) is 0 Å². The SMILES string of the molecule is CC(C)C1CN(c2ncc(-c3c(F)cc(N4CC(C)N(C)C(C)C4)c(NC(=O)c4c[nH]c(=O)cc4C(F)F)c3F)cn2)CCO1. The summed E-state index contributed by atoms with van der Waals surface area (Å²) in [5.74, 6) is -2.44. The Morgan fingerprint density at radius 1 is 1.07 bits per heavy atom. The summed E-state index contributed by atoms with van der Waals surface area (Å²) < 4.78 is 65.7. The minimum atomic E-state index is -3.14. The number of pyridine rings is 1. The molecule has 2 fully saturated rings. The highest BCUT2D eigenvalue weighted by Crippen LogP contribution is 2.39. The molecule has 2 N–H and O–H groups in total. The van der Waals surface area contributed by atoms with Gasteiger partial charge >= 0.3 is 0 Å². The highest BCUT2D eigenvalue weighted by atomic mass is 19.3. The van der Waals surface area contributed by atoms with Crippen LogP contribution in [0.4, 0.5) is 34.9 Å². The summed E-state index contributed by atoms with van der Waals surface area (Å²) >= 11 is 0. The number of halogens is 4. The maximum absolute atomic E-state index is 16.5. The van der Waals surface area contributed by atoms with Gasteiger partial charge in [0.2, 0.25) is 11.5 Å². The van der Waals surface area contributed by atoms with Crippen LogP contribution < -0.4 is 20.7 Å². The summed E-state index contributed by atoms with van der Waals surface area (Å²) in [6.45, 7) is 10.4. The van der Waals surface area contributed by atoms with E-state index >= 15 is 8.78 Å². The standard InChI is InChI=1S/C31H37F4N7O3/c1-16(2)24-15-41(6-7-45-24)31-37-10-19(11-38-31)26-22(32)9-23(42-13-17(3)40(5)18(4)14-42)28(27(26)33)39-30(44)21-12-36-25(43)8-20(21)29(34)35/h8-12,16-18,24,29H,6-7,13-15H2,1-5H3,(H,36,43)(H,39,44). The quantitative estimate of drug-likeness (QED) is 0.362. The summed E-state index contributed by atoms with van der Waals surface area (Å²) in [5, 5.41) is 2.41. The number of rotatable bonds is 7. The summed E-state index contributed by atoms with van der Waals surface area (Å²) in [7, 11) is 1.95. The van der Waals surface area contributed by atoms with Crippen LogP contribution in [0.25, 0.3) is 11.1 Å². The number of ether oxygens (including phenoxy) is 1. The molecular weight excluding hydrogens is 594 g/mol. The van der Waals surface area contributed by atoms with E-state index in [0.717, 1.165) is 12.3 Å². The fourth-order valence-corrected chi connectivity index (χ4v) is 5.76. The summed E-state index contributed by atoms with van der Waals surface area (Å²) in [6, 6.07) is 1.75. The number of nitrogens with one attached hydrogen (secondary N) is 2. The van der Waals surface area contributed by atoms with Gasteiger partial charge in [-0.25, -0.2) is 27.5 Å². The third-order valence-electron chi connectivity index (χ3n) is 8.62. The molecule has 4 heterocycles. The molecule has 0 saturated carbocycles. The van der Waals surface area contributed by atoms with Crippen molar-refractivity contribution in [2.45, 2.75) is 52.3 Å². The molecule has 45 heavy (non-hydrogen) atoms. The van der Waals surface area contributed by atoms with Gasteiger partial charge in [-0.3, -0.25) is 14.5 Å². The molecule has 2 aliphatic heterocycles. The number of aromatic nitrogens is 3. The van der Waals surface area contributed by atoms with Gasteiger partial charge in [-0.15, -0.1) is 0 Å². The Morgan fingerprint density at radius 2 is 1.73 bits per heavy atom. The lowest BCUT2D eigenvalue weighted by molar-refractivity contribution is 0.0109. The van der Waals surface area contributed by atoms with Gasteiger partial charge in [0, 0.05) is 80.1 Å². The van der Waals surface area contributed by atoms with E-state index in [1.807, 2.05) is 25.8 Å². The number of aromatic amines is 1. The minimum Gasteiger partial charge on any atom is -0.374 e. The number of nitrogens with zero attached hydrogens (tertiary/aromatic N) is 5. The van der Waals surface area contributed by atoms with Crippen LogP contribution >= 0.6 is 0 Å². The molecular formula is C31H37F4N7O3. The van der Waals surface area contributed by atoms with Crippen molar-refractivity contribution >= 4 is 23.2 Å². The lowest BCUT2D eigenvalue weighted by atomic mass is 10.0. The number of hydrogen-bond donors (Lipinski definition) is 2. The topological polar surface area (TPSA) is 107 Å². The van der Waals surface area contributed by atoms with Crippen molar-refractivity contribution in [2.24, 2.45) is 5.92 Å². The average Bonchev–Trinajstić information content (AvgIpc) is 3.01. The van der Waals surface area contributed by atoms with Crippen LogP contribution in [0.1, 0.15) is 50.0 Å². The predicted octanol–water partition coefficient (Wildman–Crippen LogP) is 4.69. The number of morpholine rings is 1. The molecule has 1 aromatic carbocycles. The highest BCUT2D eigenvalue weighted by molar-refractivity contribution is 6.07. The molecule has 10 nitrogen and oxygen atoms in total. The van der Waals surface area contributed by atoms with Crippen molar-refractivity contribution < 1.29 is 27.1 Å². The summed E-state index contributed by atoms with van der Waals surface area (Å²) in [5.41, 5.74) is -2.95. The van der Waals surface area contributed by atoms with E-state index in [1.54, 1.807) is 4.90 Å². The van der Waals surface area contributed by atoms with Crippen LogP contribution in [-0.4, -0.2) is 83.8 Å². The lowest BCUT2D eigenvalue weighted by Crippen LogP contribution is -2.55. The van der Waals surface area contributed by atoms with Crippen molar-refractivity contribution in [3.05, 3.63) is 63.8 Å². The van der Waals surface area contributed by atoms with Crippen molar-refractivity contribution in [1.29, 1.82) is 0 Å². The Kier molecular flexibility index (Phi) is 9.44. The van der Waals surface area contributed by atoms with Crippen LogP contribution in [0.3, 0.4) is 0 Å². The molecule has 2 aromatic heterocycles. The van der Waals surface area contributed by atoms with Gasteiger partial charge in [-0.05, 0) is 26.8 Å². The number of hydrogen-bond acceptors (Lipinski definition) is 8. The zero-order chi connectivity index (χ0) is 32.6. The number of likely N-dealkylation sites (N-methyl/N-ethyl adjacent to an activating group) is 1. The van der Waals surface area contributed by atoms with Gasteiger partial charge in [-0.2, -0.15) is 0 Å². The first-order valence-corrected chi connectivity index (χ1v) is 14.9. The Morgan fingerprint density at radius 3 is 2.36 bits per heavy atom. The number of amides is 1. The Balaban J connectivity index is 1.55. The van der Waals surface area contributed by atoms with Crippen LogP contribution in [-0.2, 0) is 4.74 Å². The van der Waals surface area contributed by atoms with E-state index in [-0.39, 0.29) is 41.0 Å². The van der Waals surface area contributed by atoms with E-state index in [4.69, 9.17) is 4.74 Å². The molecule has 242 valence electrons. The molecule has 0 spiro atoms. The molecule has 2 saturated heterocycles. The lowest BCUT2D eigenvalue weighted by Gasteiger charge is -2.44. The second kappa shape index (κ2) is 13.1. The number of alkyl halides is 2. The highest BCUT2D eigenvalue weighted by Gasteiger charge is 2.32. The Labute approximate surface area is 258 Å². The Hall–Kier alpha value is -4.04. The van der Waals surface area contributed by atoms with Crippen molar-refractivity contribution in [3.8, 4) is 11.1 Å². The number of anilines is 3. The van der Waals surface area contributed by atoms with E-state index in [0.29, 0.717) is 44.8 Å². The fraction of sp³-hybridized carbons (Fsp3) is 0.484. The number of piperazine rings is 1. The van der Waals surface area contributed by atoms with Gasteiger partial charge in [0.1, 0.15) is 11.5 Å². The average molecular weight is 632 g/mol. The fourth-order valence-electron chi connectivity index (χ4n) is 5.76. The zero-order valence-electron chi connectivity index (χ0n) is 25.8. The van der Waals surface area contributed by atoms with Crippen LogP contribution in [0.15, 0.2) is 35.5 Å². The zero-order valence-corrected chi connectivity index (χ0v) is 25.8. The molecule has 3 atom stereocenters. The molecule has 5 rings (SSSR count). The second-order valence-corrected chi connectivity index (χ2v) is 12.0. The first-order chi connectivity index (χ1) is 21.3. The van der Waals surface area contributed by atoms with Gasteiger partial charge in [0.25, 0.3) is 12.3 Å². The first kappa shape index (κ1) is 32.4.